The zero-order valence-corrected chi connectivity index (χ0v) is 19.2. The molecule has 0 aliphatic carbocycles. The van der Waals surface area contributed by atoms with E-state index in [1.807, 2.05) is 12.1 Å². The van der Waals surface area contributed by atoms with Gasteiger partial charge < -0.3 is 4.90 Å². The van der Waals surface area contributed by atoms with Gasteiger partial charge in [0.15, 0.2) is 0 Å². The van der Waals surface area contributed by atoms with Crippen LogP contribution in [-0.2, 0) is 16.6 Å². The lowest BCUT2D eigenvalue weighted by Crippen LogP contribution is -2.27. The first-order valence-electron chi connectivity index (χ1n) is 9.67. The largest absolute Gasteiger partial charge is 0.337 e. The zero-order valence-electron chi connectivity index (χ0n) is 17.6. The average molecular weight is 443 g/mol. The maximum atomic E-state index is 12.8. The number of sulfonamides is 1. The van der Waals surface area contributed by atoms with Gasteiger partial charge >= 0.3 is 0 Å². The molecule has 3 rings (SSSR count). The van der Waals surface area contributed by atoms with Crippen molar-refractivity contribution in [1.82, 2.24) is 4.90 Å². The molecule has 0 N–H and O–H groups in total. The molecule has 0 saturated carbocycles. The standard InChI is InChI=1S/C23H26N2O3S2/c1-17(2)19-9-7-18(8-10-19)16-24(3)23(26)20-11-13-21(14-12-20)25(4)30(27,28)22-6-5-15-29-22/h5-15,17H,16H2,1-4H3. The van der Waals surface area contributed by atoms with Crippen LogP contribution in [0.1, 0.15) is 41.3 Å². The number of anilines is 1. The molecule has 0 aliphatic heterocycles. The summed E-state index contributed by atoms with van der Waals surface area (Å²) in [6.07, 6.45) is 0. The average Bonchev–Trinajstić information content (AvgIpc) is 3.29. The summed E-state index contributed by atoms with van der Waals surface area (Å²) < 4.78 is 26.8. The van der Waals surface area contributed by atoms with Crippen LogP contribution in [-0.4, -0.2) is 33.3 Å². The van der Waals surface area contributed by atoms with Crippen molar-refractivity contribution in [3.05, 3.63) is 82.7 Å². The Morgan fingerprint density at radius 1 is 0.967 bits per heavy atom. The Kier molecular flexibility index (Phi) is 6.63. The Labute approximate surface area is 182 Å². The second kappa shape index (κ2) is 9.02. The zero-order chi connectivity index (χ0) is 21.9. The molecule has 5 nitrogen and oxygen atoms in total. The van der Waals surface area contributed by atoms with Crippen molar-refractivity contribution in [3.8, 4) is 0 Å². The minimum absolute atomic E-state index is 0.113. The fourth-order valence-corrected chi connectivity index (χ4v) is 5.43. The van der Waals surface area contributed by atoms with Crippen molar-refractivity contribution < 1.29 is 13.2 Å². The predicted octanol–water partition coefficient (Wildman–Crippen LogP) is 4.97. The number of carbonyl (C=O) groups is 1. The molecule has 0 radical (unpaired) electrons. The molecule has 1 amide bonds. The van der Waals surface area contributed by atoms with E-state index in [2.05, 4.69) is 26.0 Å². The van der Waals surface area contributed by atoms with Crippen LogP contribution in [0.4, 0.5) is 5.69 Å². The van der Waals surface area contributed by atoms with E-state index in [1.54, 1.807) is 53.7 Å². The molecule has 3 aromatic rings. The monoisotopic (exact) mass is 442 g/mol. The Morgan fingerprint density at radius 3 is 2.13 bits per heavy atom. The van der Waals surface area contributed by atoms with Crippen LogP contribution >= 0.6 is 11.3 Å². The van der Waals surface area contributed by atoms with E-state index in [-0.39, 0.29) is 10.1 Å². The highest BCUT2D eigenvalue weighted by molar-refractivity contribution is 7.94. The van der Waals surface area contributed by atoms with Crippen LogP contribution in [0.2, 0.25) is 0 Å². The van der Waals surface area contributed by atoms with Gasteiger partial charge in [-0.25, -0.2) is 8.42 Å². The summed E-state index contributed by atoms with van der Waals surface area (Å²) in [5.41, 5.74) is 3.35. The molecule has 0 fully saturated rings. The van der Waals surface area contributed by atoms with E-state index < -0.39 is 10.0 Å². The Balaban J connectivity index is 1.70. The van der Waals surface area contributed by atoms with Gasteiger partial charge in [0.2, 0.25) is 0 Å². The first-order chi connectivity index (χ1) is 14.2. The van der Waals surface area contributed by atoms with E-state index in [9.17, 15) is 13.2 Å². The first kappa shape index (κ1) is 22.1. The van der Waals surface area contributed by atoms with Gasteiger partial charge in [0, 0.05) is 26.2 Å². The van der Waals surface area contributed by atoms with E-state index in [0.29, 0.717) is 23.7 Å². The Hall–Kier alpha value is -2.64. The minimum atomic E-state index is -3.59. The fourth-order valence-electron chi connectivity index (χ4n) is 3.07. The minimum Gasteiger partial charge on any atom is -0.337 e. The van der Waals surface area contributed by atoms with Crippen LogP contribution in [0.3, 0.4) is 0 Å². The molecule has 2 aromatic carbocycles. The van der Waals surface area contributed by atoms with Crippen LogP contribution < -0.4 is 4.31 Å². The van der Waals surface area contributed by atoms with Crippen LogP contribution in [0.25, 0.3) is 0 Å². The fraction of sp³-hybridized carbons (Fsp3) is 0.261. The summed E-state index contributed by atoms with van der Waals surface area (Å²) in [6.45, 7) is 4.81. The molecule has 0 aliphatic rings. The molecule has 0 unspecified atom stereocenters. The second-order valence-corrected chi connectivity index (χ2v) is 10.7. The lowest BCUT2D eigenvalue weighted by atomic mass is 10.0. The molecule has 1 aromatic heterocycles. The summed E-state index contributed by atoms with van der Waals surface area (Å²) in [7, 11) is -0.316. The van der Waals surface area contributed by atoms with Crippen molar-refractivity contribution in [2.45, 2.75) is 30.5 Å². The first-order valence-corrected chi connectivity index (χ1v) is 12.0. The molecule has 0 saturated heterocycles. The van der Waals surface area contributed by atoms with Crippen LogP contribution in [0.5, 0.6) is 0 Å². The Bertz CT molecular complexity index is 1090. The van der Waals surface area contributed by atoms with E-state index in [0.717, 1.165) is 5.56 Å². The molecule has 0 spiro atoms. The van der Waals surface area contributed by atoms with Gasteiger partial charge in [0.05, 0.1) is 5.69 Å². The van der Waals surface area contributed by atoms with Gasteiger partial charge in [0.25, 0.3) is 15.9 Å². The molecule has 0 atom stereocenters. The Morgan fingerprint density at radius 2 is 1.60 bits per heavy atom. The third kappa shape index (κ3) is 4.74. The second-order valence-electron chi connectivity index (χ2n) is 7.51. The van der Waals surface area contributed by atoms with E-state index >= 15 is 0 Å². The normalized spacial score (nSPS) is 11.5. The van der Waals surface area contributed by atoms with Gasteiger partial charge in [-0.1, -0.05) is 44.2 Å². The molecule has 0 bridgehead atoms. The molecule has 158 valence electrons. The molecular formula is C23H26N2O3S2. The SMILES string of the molecule is CC(C)c1ccc(CN(C)C(=O)c2ccc(N(C)S(=O)(=O)c3cccs3)cc2)cc1. The number of rotatable bonds is 7. The quantitative estimate of drug-likeness (QED) is 0.519. The van der Waals surface area contributed by atoms with Crippen LogP contribution in [0.15, 0.2) is 70.3 Å². The molecular weight excluding hydrogens is 416 g/mol. The van der Waals surface area contributed by atoms with Gasteiger partial charge in [0.1, 0.15) is 4.21 Å². The number of hydrogen-bond donors (Lipinski definition) is 0. The van der Waals surface area contributed by atoms with Gasteiger partial charge in [-0.2, -0.15) is 0 Å². The third-order valence-corrected chi connectivity index (χ3v) is 8.16. The summed E-state index contributed by atoms with van der Waals surface area (Å²) in [5.74, 6) is 0.358. The topological polar surface area (TPSA) is 57.7 Å². The number of hydrogen-bond acceptors (Lipinski definition) is 4. The van der Waals surface area contributed by atoms with Gasteiger partial charge in [-0.05, 0) is 52.8 Å². The third-order valence-electron chi connectivity index (χ3n) is 5.00. The summed E-state index contributed by atoms with van der Waals surface area (Å²) in [6, 6.07) is 18.2. The van der Waals surface area contributed by atoms with Crippen molar-refractivity contribution >= 4 is 33.0 Å². The summed E-state index contributed by atoms with van der Waals surface area (Å²) >= 11 is 1.18. The number of nitrogens with zero attached hydrogens (tertiary/aromatic N) is 2. The number of benzene rings is 2. The maximum absolute atomic E-state index is 12.8. The highest BCUT2D eigenvalue weighted by Crippen LogP contribution is 2.25. The predicted molar refractivity (Wildman–Crippen MR) is 123 cm³/mol. The van der Waals surface area contributed by atoms with Crippen molar-refractivity contribution in [2.24, 2.45) is 0 Å². The van der Waals surface area contributed by atoms with Crippen molar-refractivity contribution in [1.29, 1.82) is 0 Å². The highest BCUT2D eigenvalue weighted by atomic mass is 32.2. The van der Waals surface area contributed by atoms with Gasteiger partial charge in [-0.3, -0.25) is 9.10 Å². The summed E-state index contributed by atoms with van der Waals surface area (Å²) in [4.78, 5) is 14.4. The number of thiophene rings is 1. The number of carbonyl (C=O) groups excluding carboxylic acids is 1. The van der Waals surface area contributed by atoms with Gasteiger partial charge in [-0.15, -0.1) is 11.3 Å². The molecule has 30 heavy (non-hydrogen) atoms. The number of amides is 1. The molecule has 1 heterocycles. The van der Waals surface area contributed by atoms with Crippen molar-refractivity contribution in [3.63, 3.8) is 0 Å². The van der Waals surface area contributed by atoms with E-state index in [1.165, 1.54) is 28.3 Å². The lowest BCUT2D eigenvalue weighted by Gasteiger charge is -2.20. The molecule has 7 heteroatoms. The summed E-state index contributed by atoms with van der Waals surface area (Å²) in [5, 5.41) is 1.73. The van der Waals surface area contributed by atoms with Crippen LogP contribution in [0, 0.1) is 0 Å². The van der Waals surface area contributed by atoms with E-state index in [4.69, 9.17) is 0 Å². The van der Waals surface area contributed by atoms with Crippen molar-refractivity contribution in [2.75, 3.05) is 18.4 Å². The lowest BCUT2D eigenvalue weighted by molar-refractivity contribution is 0.0785. The highest BCUT2D eigenvalue weighted by Gasteiger charge is 2.22. The smallest absolute Gasteiger partial charge is 0.273 e. The maximum Gasteiger partial charge on any atom is 0.273 e.